The summed E-state index contributed by atoms with van der Waals surface area (Å²) in [6, 6.07) is 9.99. The minimum Gasteiger partial charge on any atom is -0.344 e. The van der Waals surface area contributed by atoms with Crippen LogP contribution in [0.1, 0.15) is 38.2 Å². The van der Waals surface area contributed by atoms with E-state index in [9.17, 15) is 14.4 Å². The molecule has 1 unspecified atom stereocenters. The highest BCUT2D eigenvalue weighted by Gasteiger charge is 2.25. The Morgan fingerprint density at radius 2 is 1.68 bits per heavy atom. The fourth-order valence-electron chi connectivity index (χ4n) is 1.96. The summed E-state index contributed by atoms with van der Waals surface area (Å²) in [6.45, 7) is 6.79. The summed E-state index contributed by atoms with van der Waals surface area (Å²) in [5.41, 5.74) is 4.86. The largest absolute Gasteiger partial charge is 0.344 e. The number of rotatable bonds is 3. The third kappa shape index (κ3) is 4.76. The maximum absolute atomic E-state index is 12.1. The highest BCUT2D eigenvalue weighted by Crippen LogP contribution is 2.13. The third-order valence-corrected chi connectivity index (χ3v) is 3.55. The number of amides is 3. The van der Waals surface area contributed by atoms with Gasteiger partial charge in [-0.05, 0) is 19.1 Å². The molecule has 0 spiro atoms. The van der Waals surface area contributed by atoms with Crippen LogP contribution in [-0.4, -0.2) is 28.7 Å². The van der Waals surface area contributed by atoms with E-state index in [0.29, 0.717) is 5.52 Å². The molecule has 1 aromatic heterocycles. The molecule has 0 aliphatic rings. The average molecular weight is 342 g/mol. The molecule has 1 atom stereocenters. The third-order valence-electron chi connectivity index (χ3n) is 3.55. The van der Waals surface area contributed by atoms with E-state index in [-0.39, 0.29) is 11.6 Å². The fraction of sp³-hybridized carbons (Fsp3) is 0.333. The van der Waals surface area contributed by atoms with Crippen molar-refractivity contribution in [3.63, 3.8) is 0 Å². The van der Waals surface area contributed by atoms with Gasteiger partial charge in [-0.2, -0.15) is 0 Å². The number of nitrogens with zero attached hydrogens (tertiary/aromatic N) is 1. The lowest BCUT2D eigenvalue weighted by molar-refractivity contribution is -0.133. The number of carbonyl (C=O) groups is 3. The molecule has 3 amide bonds. The van der Waals surface area contributed by atoms with E-state index >= 15 is 0 Å². The zero-order chi connectivity index (χ0) is 18.6. The molecule has 0 bridgehead atoms. The number of fused-ring (bicyclic) bond motifs is 1. The van der Waals surface area contributed by atoms with Crippen LogP contribution in [0.2, 0.25) is 0 Å². The maximum atomic E-state index is 12.1. The summed E-state index contributed by atoms with van der Waals surface area (Å²) < 4.78 is 0. The van der Waals surface area contributed by atoms with Crippen molar-refractivity contribution >= 4 is 28.6 Å². The number of hydrogen-bond acceptors (Lipinski definition) is 4. The van der Waals surface area contributed by atoms with Gasteiger partial charge >= 0.3 is 0 Å². The number of benzene rings is 1. The molecular weight excluding hydrogens is 320 g/mol. The van der Waals surface area contributed by atoms with Crippen molar-refractivity contribution < 1.29 is 14.4 Å². The van der Waals surface area contributed by atoms with Crippen LogP contribution in [0.4, 0.5) is 0 Å². The zero-order valence-corrected chi connectivity index (χ0v) is 14.7. The molecule has 0 aliphatic heterocycles. The molecule has 0 fully saturated rings. The van der Waals surface area contributed by atoms with Crippen molar-refractivity contribution in [3.05, 3.63) is 42.1 Å². The lowest BCUT2D eigenvalue weighted by Gasteiger charge is -2.21. The number of aromatic nitrogens is 1. The molecule has 1 aromatic carbocycles. The van der Waals surface area contributed by atoms with Crippen molar-refractivity contribution in [2.24, 2.45) is 5.41 Å². The van der Waals surface area contributed by atoms with Crippen LogP contribution < -0.4 is 16.2 Å². The smallest absolute Gasteiger partial charge is 0.288 e. The van der Waals surface area contributed by atoms with Crippen LogP contribution in [0.5, 0.6) is 0 Å². The van der Waals surface area contributed by atoms with Gasteiger partial charge in [0.25, 0.3) is 11.8 Å². The van der Waals surface area contributed by atoms with Crippen LogP contribution in [0, 0.1) is 5.41 Å². The van der Waals surface area contributed by atoms with Crippen LogP contribution in [0.25, 0.3) is 10.9 Å². The molecule has 2 aromatic rings. The van der Waals surface area contributed by atoms with Crippen LogP contribution >= 0.6 is 0 Å². The monoisotopic (exact) mass is 342 g/mol. The van der Waals surface area contributed by atoms with Gasteiger partial charge in [0.2, 0.25) is 5.91 Å². The van der Waals surface area contributed by atoms with Gasteiger partial charge in [-0.25, -0.2) is 4.98 Å². The van der Waals surface area contributed by atoms with Gasteiger partial charge in [-0.3, -0.25) is 25.2 Å². The Kier molecular flexibility index (Phi) is 5.36. The summed E-state index contributed by atoms with van der Waals surface area (Å²) in [5, 5.41) is 3.51. The quantitative estimate of drug-likeness (QED) is 0.737. The normalized spacial score (nSPS) is 12.3. The number of hydrazine groups is 1. The number of hydrogen-bond donors (Lipinski definition) is 3. The van der Waals surface area contributed by atoms with Gasteiger partial charge in [0.1, 0.15) is 11.7 Å². The first-order chi connectivity index (χ1) is 11.7. The Morgan fingerprint density at radius 1 is 1.00 bits per heavy atom. The minimum atomic E-state index is -0.781. The standard InChI is InChI=1S/C18H22N4O3/c1-11(19-17(25)18(2,3)4)15(23)21-22-16(24)14-10-9-12-7-5-6-8-13(12)20-14/h5-11H,1-4H3,(H,19,25)(H,21,23)(H,22,24). The highest BCUT2D eigenvalue weighted by atomic mass is 16.2. The summed E-state index contributed by atoms with van der Waals surface area (Å²) in [5.74, 6) is -1.31. The van der Waals surface area contributed by atoms with Crippen molar-refractivity contribution in [2.45, 2.75) is 33.7 Å². The molecule has 1 heterocycles. The first-order valence-electron chi connectivity index (χ1n) is 7.95. The topological polar surface area (TPSA) is 100 Å². The second-order valence-electron chi connectivity index (χ2n) is 6.78. The Morgan fingerprint density at radius 3 is 2.36 bits per heavy atom. The van der Waals surface area contributed by atoms with E-state index in [0.717, 1.165) is 5.39 Å². The molecule has 0 radical (unpaired) electrons. The Hall–Kier alpha value is -2.96. The zero-order valence-electron chi connectivity index (χ0n) is 14.7. The first-order valence-corrected chi connectivity index (χ1v) is 7.95. The average Bonchev–Trinajstić information content (AvgIpc) is 2.57. The fourth-order valence-corrected chi connectivity index (χ4v) is 1.96. The summed E-state index contributed by atoms with van der Waals surface area (Å²) in [7, 11) is 0. The molecule has 25 heavy (non-hydrogen) atoms. The molecule has 2 rings (SSSR count). The van der Waals surface area contributed by atoms with E-state index in [2.05, 4.69) is 21.2 Å². The van der Waals surface area contributed by atoms with Gasteiger partial charge in [0, 0.05) is 10.8 Å². The molecule has 3 N–H and O–H groups in total. The number of nitrogens with one attached hydrogen (secondary N) is 3. The molecular formula is C18H22N4O3. The summed E-state index contributed by atoms with van der Waals surface area (Å²) in [6.07, 6.45) is 0. The van der Waals surface area contributed by atoms with Gasteiger partial charge < -0.3 is 5.32 Å². The minimum absolute atomic E-state index is 0.186. The molecule has 7 nitrogen and oxygen atoms in total. The van der Waals surface area contributed by atoms with E-state index in [4.69, 9.17) is 0 Å². The number of carbonyl (C=O) groups excluding carboxylic acids is 3. The number of pyridine rings is 1. The van der Waals surface area contributed by atoms with E-state index in [1.165, 1.54) is 0 Å². The van der Waals surface area contributed by atoms with E-state index in [1.54, 1.807) is 45.9 Å². The van der Waals surface area contributed by atoms with Gasteiger partial charge in [0.15, 0.2) is 0 Å². The molecule has 7 heteroatoms. The van der Waals surface area contributed by atoms with Gasteiger partial charge in [-0.15, -0.1) is 0 Å². The van der Waals surface area contributed by atoms with Crippen molar-refractivity contribution in [1.29, 1.82) is 0 Å². The van der Waals surface area contributed by atoms with Crippen molar-refractivity contribution in [1.82, 2.24) is 21.2 Å². The van der Waals surface area contributed by atoms with Crippen LogP contribution in [0.3, 0.4) is 0 Å². The van der Waals surface area contributed by atoms with E-state index in [1.807, 2.05) is 18.2 Å². The SMILES string of the molecule is CC(NC(=O)C(C)(C)C)C(=O)NNC(=O)c1ccc2ccccc2n1. The lowest BCUT2D eigenvalue weighted by Crippen LogP contribution is -2.52. The van der Waals surface area contributed by atoms with E-state index < -0.39 is 23.3 Å². The van der Waals surface area contributed by atoms with Crippen molar-refractivity contribution in [2.75, 3.05) is 0 Å². The molecule has 132 valence electrons. The van der Waals surface area contributed by atoms with Crippen molar-refractivity contribution in [3.8, 4) is 0 Å². The summed E-state index contributed by atoms with van der Waals surface area (Å²) in [4.78, 5) is 40.2. The highest BCUT2D eigenvalue weighted by molar-refractivity contribution is 5.96. The predicted molar refractivity (Wildman–Crippen MR) is 94.4 cm³/mol. The predicted octanol–water partition coefficient (Wildman–Crippen LogP) is 1.55. The summed E-state index contributed by atoms with van der Waals surface area (Å²) >= 11 is 0. The Bertz CT molecular complexity index is 811. The molecule has 0 aliphatic carbocycles. The van der Waals surface area contributed by atoms with Crippen LogP contribution in [0.15, 0.2) is 36.4 Å². The second kappa shape index (κ2) is 7.29. The number of para-hydroxylation sites is 1. The van der Waals surface area contributed by atoms with Gasteiger partial charge in [0.05, 0.1) is 5.52 Å². The van der Waals surface area contributed by atoms with Gasteiger partial charge in [-0.1, -0.05) is 45.0 Å². The first kappa shape index (κ1) is 18.4. The lowest BCUT2D eigenvalue weighted by atomic mass is 9.95. The maximum Gasteiger partial charge on any atom is 0.288 e. The second-order valence-corrected chi connectivity index (χ2v) is 6.78. The Balaban J connectivity index is 1.94. The Labute approximate surface area is 146 Å². The molecule has 0 saturated heterocycles. The molecule has 0 saturated carbocycles. The van der Waals surface area contributed by atoms with Crippen LogP contribution in [-0.2, 0) is 9.59 Å².